The number of carbonyl (C=O) groups is 1. The van der Waals surface area contributed by atoms with Gasteiger partial charge >= 0.3 is 0 Å². The molecule has 29 heavy (non-hydrogen) atoms. The summed E-state index contributed by atoms with van der Waals surface area (Å²) in [5.74, 6) is -0.235. The normalized spacial score (nSPS) is 15.8. The standard InChI is InChI=1S/C19H21N3O5S2/c1-29(26,27)17-8-7-14(12-16(17)22(24)25)15(11-13-5-3-2-4-6-13)18(23)21-19-20-9-10-28-19/h7-13H,2-6H2,1H3,(H,20,21,23)/b15-11+. The number of nitro groups is 1. The van der Waals surface area contributed by atoms with Crippen LogP contribution in [0, 0.1) is 16.0 Å². The number of benzene rings is 1. The molecule has 1 aliphatic carbocycles. The Morgan fingerprint density at radius 2 is 2.03 bits per heavy atom. The molecule has 1 saturated carbocycles. The Bertz CT molecular complexity index is 1040. The first-order valence-corrected chi connectivity index (χ1v) is 11.9. The van der Waals surface area contributed by atoms with Gasteiger partial charge in [-0.2, -0.15) is 0 Å². The van der Waals surface area contributed by atoms with E-state index in [-0.39, 0.29) is 16.4 Å². The molecule has 8 nitrogen and oxygen atoms in total. The van der Waals surface area contributed by atoms with Crippen LogP contribution in [0.4, 0.5) is 10.8 Å². The van der Waals surface area contributed by atoms with Crippen molar-refractivity contribution in [1.29, 1.82) is 0 Å². The molecule has 0 saturated heterocycles. The lowest BCUT2D eigenvalue weighted by atomic mass is 9.86. The van der Waals surface area contributed by atoms with Crippen LogP contribution >= 0.6 is 11.3 Å². The second kappa shape index (κ2) is 8.83. The molecule has 0 bridgehead atoms. The van der Waals surface area contributed by atoms with Gasteiger partial charge in [0.05, 0.1) is 4.92 Å². The molecule has 0 spiro atoms. The van der Waals surface area contributed by atoms with E-state index in [0.717, 1.165) is 44.4 Å². The fraction of sp³-hybridized carbons (Fsp3) is 0.368. The topological polar surface area (TPSA) is 119 Å². The van der Waals surface area contributed by atoms with Crippen molar-refractivity contribution in [2.24, 2.45) is 5.92 Å². The predicted octanol–water partition coefficient (Wildman–Crippen LogP) is 4.06. The monoisotopic (exact) mass is 435 g/mol. The van der Waals surface area contributed by atoms with Gasteiger partial charge in [-0.15, -0.1) is 11.3 Å². The number of allylic oxidation sites excluding steroid dienone is 1. The molecule has 0 aliphatic heterocycles. The summed E-state index contributed by atoms with van der Waals surface area (Å²) in [6.07, 6.45) is 9.50. The Balaban J connectivity index is 2.05. The van der Waals surface area contributed by atoms with Crippen LogP contribution in [-0.4, -0.2) is 30.5 Å². The van der Waals surface area contributed by atoms with E-state index in [4.69, 9.17) is 0 Å². The number of nitrogens with zero attached hydrogens (tertiary/aromatic N) is 2. The highest BCUT2D eigenvalue weighted by Gasteiger charge is 2.25. The van der Waals surface area contributed by atoms with Crippen LogP contribution in [0.1, 0.15) is 37.7 Å². The fourth-order valence-corrected chi connectivity index (χ4v) is 4.78. The van der Waals surface area contributed by atoms with Crippen molar-refractivity contribution in [2.45, 2.75) is 37.0 Å². The molecule has 1 amide bonds. The second-order valence-electron chi connectivity index (χ2n) is 6.98. The molecule has 10 heteroatoms. The van der Waals surface area contributed by atoms with Crippen LogP contribution in [0.15, 0.2) is 40.7 Å². The molecule has 1 heterocycles. The van der Waals surface area contributed by atoms with Crippen molar-refractivity contribution in [2.75, 3.05) is 11.6 Å². The van der Waals surface area contributed by atoms with Gasteiger partial charge in [0.2, 0.25) is 0 Å². The molecule has 2 aromatic rings. The third-order valence-electron chi connectivity index (χ3n) is 4.82. The van der Waals surface area contributed by atoms with Crippen LogP contribution in [0.3, 0.4) is 0 Å². The minimum atomic E-state index is -3.78. The van der Waals surface area contributed by atoms with E-state index in [1.54, 1.807) is 11.6 Å². The SMILES string of the molecule is CS(=O)(=O)c1ccc(/C(=C\C2CCCCC2)C(=O)Nc2nccs2)cc1[N+](=O)[O-]. The summed E-state index contributed by atoms with van der Waals surface area (Å²) in [4.78, 5) is 27.4. The van der Waals surface area contributed by atoms with Gasteiger partial charge in [0, 0.05) is 29.5 Å². The largest absolute Gasteiger partial charge is 0.298 e. The van der Waals surface area contributed by atoms with Crippen molar-refractivity contribution in [3.8, 4) is 0 Å². The molecular weight excluding hydrogens is 414 g/mol. The molecule has 0 unspecified atom stereocenters. The number of rotatable bonds is 6. The molecule has 1 aromatic heterocycles. The summed E-state index contributed by atoms with van der Waals surface area (Å²) in [6, 6.07) is 3.79. The Kier molecular flexibility index (Phi) is 6.43. The highest BCUT2D eigenvalue weighted by Crippen LogP contribution is 2.32. The third-order valence-corrected chi connectivity index (χ3v) is 6.65. The number of nitro benzene ring substituents is 1. The van der Waals surface area contributed by atoms with E-state index in [1.165, 1.54) is 23.5 Å². The fourth-order valence-electron chi connectivity index (χ4n) is 3.43. The molecule has 1 fully saturated rings. The first kappa shape index (κ1) is 21.1. The molecule has 0 radical (unpaired) electrons. The zero-order valence-corrected chi connectivity index (χ0v) is 17.5. The van der Waals surface area contributed by atoms with Crippen molar-refractivity contribution in [3.63, 3.8) is 0 Å². The van der Waals surface area contributed by atoms with Gasteiger partial charge in [0.25, 0.3) is 11.6 Å². The van der Waals surface area contributed by atoms with Gasteiger partial charge in [-0.1, -0.05) is 31.4 Å². The van der Waals surface area contributed by atoms with Crippen LogP contribution in [-0.2, 0) is 14.6 Å². The number of hydrogen-bond donors (Lipinski definition) is 1. The second-order valence-corrected chi connectivity index (χ2v) is 9.86. The summed E-state index contributed by atoms with van der Waals surface area (Å²) in [5.41, 5.74) is 0.0561. The third kappa shape index (κ3) is 5.27. The highest BCUT2D eigenvalue weighted by molar-refractivity contribution is 7.90. The van der Waals surface area contributed by atoms with E-state index in [9.17, 15) is 23.3 Å². The van der Waals surface area contributed by atoms with Crippen LogP contribution in [0.25, 0.3) is 5.57 Å². The number of anilines is 1. The van der Waals surface area contributed by atoms with Gasteiger partial charge < -0.3 is 0 Å². The van der Waals surface area contributed by atoms with E-state index in [1.807, 2.05) is 6.08 Å². The maximum absolute atomic E-state index is 12.9. The van der Waals surface area contributed by atoms with Gasteiger partial charge in [-0.25, -0.2) is 13.4 Å². The molecule has 154 valence electrons. The Morgan fingerprint density at radius 3 is 2.62 bits per heavy atom. The molecule has 1 aromatic carbocycles. The zero-order valence-electron chi connectivity index (χ0n) is 15.8. The van der Waals surface area contributed by atoms with E-state index in [0.29, 0.717) is 10.7 Å². The average Bonchev–Trinajstić information content (AvgIpc) is 3.18. The summed E-state index contributed by atoms with van der Waals surface area (Å²) >= 11 is 1.27. The Morgan fingerprint density at radius 1 is 1.31 bits per heavy atom. The lowest BCUT2D eigenvalue weighted by molar-refractivity contribution is -0.387. The lowest BCUT2D eigenvalue weighted by Crippen LogP contribution is -2.16. The molecule has 1 N–H and O–H groups in total. The first-order valence-electron chi connectivity index (χ1n) is 9.17. The van der Waals surface area contributed by atoms with Crippen molar-refractivity contribution in [3.05, 3.63) is 51.5 Å². The number of sulfone groups is 1. The van der Waals surface area contributed by atoms with Crippen LogP contribution in [0.2, 0.25) is 0 Å². The van der Waals surface area contributed by atoms with Crippen LogP contribution < -0.4 is 5.32 Å². The smallest absolute Gasteiger partial charge is 0.288 e. The molecule has 3 rings (SSSR count). The maximum atomic E-state index is 12.9. The maximum Gasteiger partial charge on any atom is 0.288 e. The van der Waals surface area contributed by atoms with Gasteiger partial charge in [0.15, 0.2) is 15.0 Å². The molecule has 0 atom stereocenters. The quantitative estimate of drug-likeness (QED) is 0.415. The number of hydrogen-bond acceptors (Lipinski definition) is 7. The number of nitrogens with one attached hydrogen (secondary N) is 1. The zero-order chi connectivity index (χ0) is 21.0. The average molecular weight is 436 g/mol. The minimum absolute atomic E-state index is 0.189. The van der Waals surface area contributed by atoms with E-state index < -0.39 is 26.4 Å². The van der Waals surface area contributed by atoms with Gasteiger partial charge in [-0.05, 0) is 30.4 Å². The summed E-state index contributed by atoms with van der Waals surface area (Å²) < 4.78 is 23.8. The van der Waals surface area contributed by atoms with Crippen molar-refractivity contribution >= 4 is 43.5 Å². The van der Waals surface area contributed by atoms with E-state index in [2.05, 4.69) is 10.3 Å². The number of amides is 1. The summed E-state index contributed by atoms with van der Waals surface area (Å²) in [5, 5.41) is 16.3. The minimum Gasteiger partial charge on any atom is -0.298 e. The number of aromatic nitrogens is 1. The van der Waals surface area contributed by atoms with Gasteiger partial charge in [0.1, 0.15) is 4.90 Å². The predicted molar refractivity (Wildman–Crippen MR) is 112 cm³/mol. The van der Waals surface area contributed by atoms with E-state index >= 15 is 0 Å². The Labute approximate surface area is 172 Å². The summed E-state index contributed by atoms with van der Waals surface area (Å²) in [7, 11) is -3.78. The van der Waals surface area contributed by atoms with Gasteiger partial charge in [-0.3, -0.25) is 20.2 Å². The number of carbonyl (C=O) groups excluding carboxylic acids is 1. The summed E-state index contributed by atoms with van der Waals surface area (Å²) in [6.45, 7) is 0. The van der Waals surface area contributed by atoms with Crippen molar-refractivity contribution in [1.82, 2.24) is 4.98 Å². The Hall–Kier alpha value is -2.59. The lowest BCUT2D eigenvalue weighted by Gasteiger charge is -2.20. The van der Waals surface area contributed by atoms with Crippen LogP contribution in [0.5, 0.6) is 0 Å². The molecule has 1 aliphatic rings. The molecular formula is C19H21N3O5S2. The number of thiazole rings is 1. The highest BCUT2D eigenvalue weighted by atomic mass is 32.2. The first-order chi connectivity index (χ1) is 13.8. The van der Waals surface area contributed by atoms with Crippen molar-refractivity contribution < 1.29 is 18.1 Å².